The number of hydrogen-bond acceptors (Lipinski definition) is 8. The average molecular weight is 492 g/mol. The Labute approximate surface area is 210 Å². The first kappa shape index (κ1) is 24.2. The molecule has 0 aromatic rings. The average Bonchev–Trinajstić information content (AvgIpc) is 3.69. The topological polar surface area (TPSA) is 43.5 Å². The number of hydrogen-bond donors (Lipinski definition) is 1. The second-order valence-corrected chi connectivity index (χ2v) is 12.3. The van der Waals surface area contributed by atoms with Gasteiger partial charge in [0.25, 0.3) is 0 Å². The number of thioether (sulfide) groups is 1. The molecule has 4 unspecified atom stereocenters. The molecule has 5 aliphatic heterocycles. The van der Waals surface area contributed by atoms with Gasteiger partial charge in [-0.05, 0) is 57.8 Å². The summed E-state index contributed by atoms with van der Waals surface area (Å²) in [7, 11) is 0. The minimum Gasteiger partial charge on any atom is -0.374 e. The summed E-state index contributed by atoms with van der Waals surface area (Å²) in [6.45, 7) is 10.3. The Morgan fingerprint density at radius 1 is 0.824 bits per heavy atom. The predicted molar refractivity (Wildman–Crippen MR) is 137 cm³/mol. The van der Waals surface area contributed by atoms with Crippen molar-refractivity contribution in [3.8, 4) is 0 Å². The molecule has 0 amide bonds. The minimum atomic E-state index is -0.469. The van der Waals surface area contributed by atoms with Crippen LogP contribution < -0.4 is 5.32 Å². The molecule has 1 aliphatic carbocycles. The zero-order valence-electron chi connectivity index (χ0n) is 21.0. The highest BCUT2D eigenvalue weighted by Crippen LogP contribution is 2.56. The van der Waals surface area contributed by atoms with E-state index in [1.807, 2.05) is 0 Å². The van der Waals surface area contributed by atoms with Gasteiger partial charge >= 0.3 is 0 Å². The lowest BCUT2D eigenvalue weighted by Gasteiger charge is -2.67. The van der Waals surface area contributed by atoms with Gasteiger partial charge in [0.2, 0.25) is 0 Å². The van der Waals surface area contributed by atoms with Crippen LogP contribution in [0.15, 0.2) is 12.2 Å². The first-order chi connectivity index (χ1) is 16.8. The van der Waals surface area contributed by atoms with Crippen molar-refractivity contribution in [2.24, 2.45) is 0 Å². The Balaban J connectivity index is 1.51. The summed E-state index contributed by atoms with van der Waals surface area (Å²) in [6, 6.07) is 0. The van der Waals surface area contributed by atoms with Crippen LogP contribution in [0.4, 0.5) is 0 Å². The molecule has 0 aromatic heterocycles. The summed E-state index contributed by atoms with van der Waals surface area (Å²) in [5.41, 5.74) is -0.469. The van der Waals surface area contributed by atoms with Crippen LogP contribution in [0.25, 0.3) is 0 Å². The Bertz CT molecular complexity index is 685. The molecule has 1 N–H and O–H groups in total. The van der Waals surface area contributed by atoms with Gasteiger partial charge in [-0.3, -0.25) is 9.80 Å². The molecule has 6 aliphatic rings. The number of nitrogens with one attached hydrogen (secondary N) is 1. The molecule has 192 valence electrons. The number of nitrogens with zero attached hydrogens (tertiary/aromatic N) is 4. The maximum atomic E-state index is 7.23. The van der Waals surface area contributed by atoms with Crippen molar-refractivity contribution in [1.82, 2.24) is 25.1 Å². The predicted octanol–water partition coefficient (Wildman–Crippen LogP) is 3.05. The van der Waals surface area contributed by atoms with E-state index in [0.29, 0.717) is 5.25 Å². The van der Waals surface area contributed by atoms with Crippen LogP contribution in [0.1, 0.15) is 64.2 Å². The lowest BCUT2D eigenvalue weighted by Crippen LogP contribution is -2.84. The molecule has 0 bridgehead atoms. The first-order valence-electron chi connectivity index (χ1n) is 14.2. The van der Waals surface area contributed by atoms with Gasteiger partial charge in [-0.25, -0.2) is 10.0 Å². The maximum Gasteiger partial charge on any atom is 0.192 e. The summed E-state index contributed by atoms with van der Waals surface area (Å²) < 4.78 is 13.9. The number of likely N-dealkylation sites (tertiary alicyclic amines) is 1. The summed E-state index contributed by atoms with van der Waals surface area (Å²) >= 11 is 2.22. The molecule has 5 heterocycles. The molecule has 4 atom stereocenters. The van der Waals surface area contributed by atoms with E-state index in [1.165, 1.54) is 64.5 Å². The van der Waals surface area contributed by atoms with E-state index in [0.717, 1.165) is 65.4 Å². The fraction of sp³-hybridized carbons (Fsp3) is 0.923. The third kappa shape index (κ3) is 4.10. The molecular formula is C26H45N5O2S. The van der Waals surface area contributed by atoms with Gasteiger partial charge in [0.1, 0.15) is 6.10 Å². The van der Waals surface area contributed by atoms with Gasteiger partial charge in [-0.2, -0.15) is 0 Å². The fourth-order valence-corrected chi connectivity index (χ4v) is 9.42. The summed E-state index contributed by atoms with van der Waals surface area (Å²) in [4.78, 5) is 5.22. The smallest absolute Gasteiger partial charge is 0.192 e. The Hall–Kier alpha value is -0.190. The van der Waals surface area contributed by atoms with Gasteiger partial charge in [0, 0.05) is 57.7 Å². The van der Waals surface area contributed by atoms with E-state index < -0.39 is 5.72 Å². The highest BCUT2D eigenvalue weighted by molar-refractivity contribution is 8.01. The standard InChI is InChI=1S/C26H45N5O2S/c1-3-10-23(11-4-1)34-26(28-14-7-8-15-28)25(24-12-9-20-32-24,29-18-13-27-22-29)33-21-19-31(26)30-16-5-2-6-17-30/h3,10,23-24,27H,1-2,4-9,11-22H2. The molecular weight excluding hydrogens is 446 g/mol. The van der Waals surface area contributed by atoms with E-state index in [-0.39, 0.29) is 11.1 Å². The van der Waals surface area contributed by atoms with Crippen molar-refractivity contribution in [2.45, 2.75) is 86.3 Å². The second-order valence-electron chi connectivity index (χ2n) is 10.9. The number of hydrazine groups is 1. The largest absolute Gasteiger partial charge is 0.374 e. The van der Waals surface area contributed by atoms with Crippen molar-refractivity contribution >= 4 is 11.8 Å². The molecule has 6 rings (SSSR count). The van der Waals surface area contributed by atoms with Crippen LogP contribution in [0.2, 0.25) is 0 Å². The third-order valence-corrected chi connectivity index (χ3v) is 10.7. The van der Waals surface area contributed by atoms with Crippen LogP contribution in [0.5, 0.6) is 0 Å². The van der Waals surface area contributed by atoms with E-state index in [2.05, 4.69) is 49.0 Å². The SMILES string of the molecule is C1=CC(SC2(N3CCCC3)N(N3CCCCC3)CCOC2(C2CCCO2)N2CCNC2)CCC1. The number of piperidine rings is 1. The van der Waals surface area contributed by atoms with Crippen molar-refractivity contribution in [2.75, 3.05) is 65.7 Å². The molecule has 8 heteroatoms. The van der Waals surface area contributed by atoms with Crippen LogP contribution in [0.3, 0.4) is 0 Å². The lowest BCUT2D eigenvalue weighted by molar-refractivity contribution is -0.340. The van der Waals surface area contributed by atoms with Gasteiger partial charge < -0.3 is 14.8 Å². The number of allylic oxidation sites excluding steroid dienone is 1. The Kier molecular flexibility index (Phi) is 7.58. The van der Waals surface area contributed by atoms with E-state index >= 15 is 0 Å². The molecule has 34 heavy (non-hydrogen) atoms. The lowest BCUT2D eigenvalue weighted by atomic mass is 9.94. The molecule has 7 nitrogen and oxygen atoms in total. The van der Waals surface area contributed by atoms with Crippen molar-refractivity contribution in [3.05, 3.63) is 12.2 Å². The van der Waals surface area contributed by atoms with Gasteiger partial charge in [0.05, 0.1) is 13.3 Å². The molecule has 5 fully saturated rings. The third-order valence-electron chi connectivity index (χ3n) is 8.87. The normalized spacial score (nSPS) is 41.5. The van der Waals surface area contributed by atoms with E-state index in [1.54, 1.807) is 0 Å². The van der Waals surface area contributed by atoms with Crippen molar-refractivity contribution < 1.29 is 9.47 Å². The fourth-order valence-electron chi connectivity index (χ4n) is 7.37. The first-order valence-corrected chi connectivity index (χ1v) is 15.1. The Morgan fingerprint density at radius 2 is 1.68 bits per heavy atom. The van der Waals surface area contributed by atoms with E-state index in [4.69, 9.17) is 9.47 Å². The van der Waals surface area contributed by atoms with Gasteiger partial charge in [0.15, 0.2) is 10.7 Å². The van der Waals surface area contributed by atoms with Crippen LogP contribution in [0, 0.1) is 0 Å². The summed E-state index contributed by atoms with van der Waals surface area (Å²) in [5, 5.41) is 9.75. The van der Waals surface area contributed by atoms with Gasteiger partial charge in [-0.1, -0.05) is 18.6 Å². The highest BCUT2D eigenvalue weighted by atomic mass is 32.2. The monoisotopic (exact) mass is 491 g/mol. The highest BCUT2D eigenvalue weighted by Gasteiger charge is 2.70. The maximum absolute atomic E-state index is 7.23. The molecule has 0 saturated carbocycles. The summed E-state index contributed by atoms with van der Waals surface area (Å²) in [5.74, 6) is 0. The Morgan fingerprint density at radius 3 is 2.38 bits per heavy atom. The van der Waals surface area contributed by atoms with E-state index in [9.17, 15) is 0 Å². The number of rotatable bonds is 6. The molecule has 0 spiro atoms. The van der Waals surface area contributed by atoms with Crippen LogP contribution in [-0.2, 0) is 9.47 Å². The number of ether oxygens (including phenoxy) is 2. The molecule has 5 saturated heterocycles. The van der Waals surface area contributed by atoms with Crippen molar-refractivity contribution in [1.29, 1.82) is 0 Å². The quantitative estimate of drug-likeness (QED) is 0.569. The summed E-state index contributed by atoms with van der Waals surface area (Å²) in [6.07, 6.45) is 17.6. The molecule has 0 aromatic carbocycles. The minimum absolute atomic E-state index is 0.112. The zero-order chi connectivity index (χ0) is 22.8. The number of morpholine rings is 1. The van der Waals surface area contributed by atoms with Crippen LogP contribution >= 0.6 is 11.8 Å². The van der Waals surface area contributed by atoms with Gasteiger partial charge in [-0.15, -0.1) is 11.8 Å². The second kappa shape index (κ2) is 10.7. The van der Waals surface area contributed by atoms with Crippen molar-refractivity contribution in [3.63, 3.8) is 0 Å². The molecule has 0 radical (unpaired) electrons. The zero-order valence-corrected chi connectivity index (χ0v) is 21.8. The van der Waals surface area contributed by atoms with Crippen LogP contribution in [-0.4, -0.2) is 108 Å².